The molecule has 2 aromatic rings. The molecule has 0 unspecified atom stereocenters. The molecule has 98 valence electrons. The Balaban J connectivity index is 2.14. The number of pyridine rings is 1. The lowest BCUT2D eigenvalue weighted by atomic mass is 10.1. The largest absolute Gasteiger partial charge is 0.253 e. The predicted octanol–water partition coefficient (Wildman–Crippen LogP) is 4.39. The first-order chi connectivity index (χ1) is 9.20. The van der Waals surface area contributed by atoms with Gasteiger partial charge in [0.25, 0.3) is 0 Å². The third-order valence-corrected chi connectivity index (χ3v) is 4.57. The summed E-state index contributed by atoms with van der Waals surface area (Å²) in [4.78, 5) is 13.4. The van der Waals surface area contributed by atoms with Gasteiger partial charge in [0, 0.05) is 12.1 Å². The van der Waals surface area contributed by atoms with Crippen LogP contribution in [0, 0.1) is 0 Å². The van der Waals surface area contributed by atoms with Crippen LogP contribution in [0.15, 0.2) is 22.8 Å². The van der Waals surface area contributed by atoms with Crippen LogP contribution in [0.25, 0.3) is 11.5 Å². The standard InChI is InChI=1S/C14H13BrClN3/c1-2-8-4-3-7-17-12(8)14-18-11(9-5-6-9)10(15)13(16)19-14/h3-4,7,9H,2,5-6H2,1H3. The van der Waals surface area contributed by atoms with Crippen molar-refractivity contribution < 1.29 is 0 Å². The Labute approximate surface area is 125 Å². The summed E-state index contributed by atoms with van der Waals surface area (Å²) in [5, 5.41) is 0.472. The van der Waals surface area contributed by atoms with E-state index >= 15 is 0 Å². The van der Waals surface area contributed by atoms with Crippen LogP contribution >= 0.6 is 27.5 Å². The van der Waals surface area contributed by atoms with Crippen LogP contribution < -0.4 is 0 Å². The summed E-state index contributed by atoms with van der Waals surface area (Å²) < 4.78 is 0.828. The van der Waals surface area contributed by atoms with Crippen molar-refractivity contribution in [2.24, 2.45) is 0 Å². The fourth-order valence-corrected chi connectivity index (χ4v) is 2.77. The minimum absolute atomic E-state index is 0.472. The van der Waals surface area contributed by atoms with Gasteiger partial charge in [0.1, 0.15) is 10.8 Å². The lowest BCUT2D eigenvalue weighted by molar-refractivity contribution is 0.966. The molecule has 0 aromatic carbocycles. The molecule has 0 N–H and O–H groups in total. The maximum atomic E-state index is 6.21. The van der Waals surface area contributed by atoms with E-state index in [-0.39, 0.29) is 0 Å². The van der Waals surface area contributed by atoms with Gasteiger partial charge in [-0.3, -0.25) is 4.98 Å². The lowest BCUT2D eigenvalue weighted by Crippen LogP contribution is -2.01. The molecule has 0 bridgehead atoms. The van der Waals surface area contributed by atoms with Gasteiger partial charge in [-0.05, 0) is 46.8 Å². The van der Waals surface area contributed by atoms with E-state index in [4.69, 9.17) is 11.6 Å². The normalized spacial score (nSPS) is 14.7. The molecule has 5 heteroatoms. The number of hydrogen-bond donors (Lipinski definition) is 0. The Morgan fingerprint density at radius 1 is 1.37 bits per heavy atom. The van der Waals surface area contributed by atoms with Crippen LogP contribution in [0.4, 0.5) is 0 Å². The summed E-state index contributed by atoms with van der Waals surface area (Å²) in [5.74, 6) is 1.15. The van der Waals surface area contributed by atoms with Gasteiger partial charge in [-0.15, -0.1) is 0 Å². The van der Waals surface area contributed by atoms with Gasteiger partial charge in [0.15, 0.2) is 5.82 Å². The van der Waals surface area contributed by atoms with Crippen LogP contribution in [0.1, 0.15) is 36.9 Å². The van der Waals surface area contributed by atoms with Gasteiger partial charge < -0.3 is 0 Å². The smallest absolute Gasteiger partial charge is 0.180 e. The number of rotatable bonds is 3. The number of aromatic nitrogens is 3. The first-order valence-electron chi connectivity index (χ1n) is 6.38. The molecule has 0 atom stereocenters. The Bertz CT molecular complexity index is 626. The quantitative estimate of drug-likeness (QED) is 0.779. The second-order valence-electron chi connectivity index (χ2n) is 4.68. The molecule has 19 heavy (non-hydrogen) atoms. The van der Waals surface area contributed by atoms with Crippen molar-refractivity contribution in [1.29, 1.82) is 0 Å². The van der Waals surface area contributed by atoms with E-state index in [0.717, 1.165) is 27.8 Å². The van der Waals surface area contributed by atoms with E-state index in [9.17, 15) is 0 Å². The SMILES string of the molecule is CCc1cccnc1-c1nc(Cl)c(Br)c(C2CC2)n1. The van der Waals surface area contributed by atoms with E-state index in [0.29, 0.717) is 16.9 Å². The second-order valence-corrected chi connectivity index (χ2v) is 5.83. The molecule has 1 aliphatic carbocycles. The third-order valence-electron chi connectivity index (χ3n) is 3.28. The van der Waals surface area contributed by atoms with E-state index in [2.05, 4.69) is 43.9 Å². The topological polar surface area (TPSA) is 38.7 Å². The highest BCUT2D eigenvalue weighted by atomic mass is 79.9. The van der Waals surface area contributed by atoms with Crippen LogP contribution in [0.3, 0.4) is 0 Å². The minimum Gasteiger partial charge on any atom is -0.253 e. The van der Waals surface area contributed by atoms with E-state index in [1.807, 2.05) is 6.07 Å². The van der Waals surface area contributed by atoms with Gasteiger partial charge in [-0.1, -0.05) is 24.6 Å². The monoisotopic (exact) mass is 337 g/mol. The zero-order valence-electron chi connectivity index (χ0n) is 10.5. The van der Waals surface area contributed by atoms with E-state index in [1.54, 1.807) is 6.20 Å². The fourth-order valence-electron chi connectivity index (χ4n) is 2.09. The molecular formula is C14H13BrClN3. The van der Waals surface area contributed by atoms with Crippen LogP contribution in [0.2, 0.25) is 5.15 Å². The van der Waals surface area contributed by atoms with Crippen LogP contribution in [-0.4, -0.2) is 15.0 Å². The number of nitrogens with zero attached hydrogens (tertiary/aromatic N) is 3. The second kappa shape index (κ2) is 5.17. The summed E-state index contributed by atoms with van der Waals surface area (Å²) in [7, 11) is 0. The van der Waals surface area contributed by atoms with Gasteiger partial charge in [-0.2, -0.15) is 0 Å². The number of halogens is 2. The van der Waals surface area contributed by atoms with Crippen molar-refractivity contribution in [2.45, 2.75) is 32.1 Å². The highest BCUT2D eigenvalue weighted by Gasteiger charge is 2.29. The van der Waals surface area contributed by atoms with Gasteiger partial charge in [0.2, 0.25) is 0 Å². The lowest BCUT2D eigenvalue weighted by Gasteiger charge is -2.09. The Morgan fingerprint density at radius 2 is 2.16 bits per heavy atom. The summed E-state index contributed by atoms with van der Waals surface area (Å²) in [5.41, 5.74) is 2.99. The molecule has 1 saturated carbocycles. The maximum Gasteiger partial charge on any atom is 0.180 e. The van der Waals surface area contributed by atoms with Gasteiger partial charge in [0.05, 0.1) is 10.2 Å². The molecule has 0 amide bonds. The van der Waals surface area contributed by atoms with Crippen molar-refractivity contribution in [3.8, 4) is 11.5 Å². The van der Waals surface area contributed by atoms with Crippen molar-refractivity contribution in [3.05, 3.63) is 39.2 Å². The molecule has 0 aliphatic heterocycles. The van der Waals surface area contributed by atoms with Gasteiger partial charge in [-0.25, -0.2) is 9.97 Å². The van der Waals surface area contributed by atoms with Gasteiger partial charge >= 0.3 is 0 Å². The molecule has 2 aromatic heterocycles. The highest BCUT2D eigenvalue weighted by molar-refractivity contribution is 9.10. The first-order valence-corrected chi connectivity index (χ1v) is 7.55. The van der Waals surface area contributed by atoms with Crippen molar-refractivity contribution in [3.63, 3.8) is 0 Å². The van der Waals surface area contributed by atoms with E-state index < -0.39 is 0 Å². The number of aryl methyl sites for hydroxylation is 1. The molecule has 1 aliphatic rings. The summed E-state index contributed by atoms with van der Waals surface area (Å²) >= 11 is 9.70. The fraction of sp³-hybridized carbons (Fsp3) is 0.357. The Morgan fingerprint density at radius 3 is 2.84 bits per heavy atom. The molecule has 0 saturated heterocycles. The van der Waals surface area contributed by atoms with Crippen molar-refractivity contribution in [1.82, 2.24) is 15.0 Å². The minimum atomic E-state index is 0.472. The van der Waals surface area contributed by atoms with Crippen LogP contribution in [0.5, 0.6) is 0 Å². The molecule has 3 rings (SSSR count). The highest BCUT2D eigenvalue weighted by Crippen LogP contribution is 2.44. The van der Waals surface area contributed by atoms with E-state index in [1.165, 1.54) is 12.8 Å². The maximum absolute atomic E-state index is 6.21. The van der Waals surface area contributed by atoms with Crippen molar-refractivity contribution in [2.75, 3.05) is 0 Å². The molecule has 1 fully saturated rings. The Kier molecular flexibility index (Phi) is 3.54. The summed E-state index contributed by atoms with van der Waals surface area (Å²) in [6.07, 6.45) is 5.02. The van der Waals surface area contributed by atoms with Crippen LogP contribution in [-0.2, 0) is 6.42 Å². The van der Waals surface area contributed by atoms with Crippen molar-refractivity contribution >= 4 is 27.5 Å². The zero-order chi connectivity index (χ0) is 13.4. The molecule has 2 heterocycles. The zero-order valence-corrected chi connectivity index (χ0v) is 12.9. The average Bonchev–Trinajstić information content (AvgIpc) is 3.26. The average molecular weight is 339 g/mol. The Hall–Kier alpha value is -1.00. The number of hydrogen-bond acceptors (Lipinski definition) is 3. The molecule has 3 nitrogen and oxygen atoms in total. The molecule has 0 radical (unpaired) electrons. The predicted molar refractivity (Wildman–Crippen MR) is 79.3 cm³/mol. The molecule has 0 spiro atoms. The summed E-state index contributed by atoms with van der Waals surface area (Å²) in [6.45, 7) is 2.10. The third kappa shape index (κ3) is 2.51. The summed E-state index contributed by atoms with van der Waals surface area (Å²) in [6, 6.07) is 3.99. The first kappa shape index (κ1) is 13.0. The molecular weight excluding hydrogens is 326 g/mol.